The molecule has 2 fully saturated rings. The summed E-state index contributed by atoms with van der Waals surface area (Å²) in [6.45, 7) is 0. The van der Waals surface area contributed by atoms with Gasteiger partial charge in [-0.15, -0.1) is 0 Å². The predicted molar refractivity (Wildman–Crippen MR) is 57.4 cm³/mol. The summed E-state index contributed by atoms with van der Waals surface area (Å²) in [5, 5.41) is 0. The van der Waals surface area contributed by atoms with Gasteiger partial charge in [-0.1, -0.05) is 12.5 Å². The smallest absolute Gasteiger partial charge is 0.251 e. The Morgan fingerprint density at radius 3 is 2.41 bits per heavy atom. The normalized spacial score (nSPS) is 32.1. The Bertz CT molecular complexity index is 410. The number of hydrogen-bond donors (Lipinski definition) is 0. The van der Waals surface area contributed by atoms with E-state index in [9.17, 15) is 13.2 Å². The molecule has 3 rings (SSSR count). The third-order valence-electron chi connectivity index (χ3n) is 4.24. The molecule has 2 bridgehead atoms. The van der Waals surface area contributed by atoms with Crippen LogP contribution >= 0.6 is 0 Å². The first-order valence-electron chi connectivity index (χ1n) is 6.07. The fourth-order valence-electron chi connectivity index (χ4n) is 3.45. The largest absolute Gasteiger partial charge is 0.433 e. The molecule has 2 saturated carbocycles. The molecular weight excluding hydrogens is 227 g/mol. The van der Waals surface area contributed by atoms with Gasteiger partial charge in [-0.05, 0) is 48.6 Å². The lowest BCUT2D eigenvalue weighted by molar-refractivity contribution is -0.141. The van der Waals surface area contributed by atoms with Crippen LogP contribution in [0.25, 0.3) is 0 Å². The molecule has 0 N–H and O–H groups in total. The van der Waals surface area contributed by atoms with Crippen molar-refractivity contribution in [3.05, 3.63) is 29.6 Å². The number of alkyl halides is 3. The van der Waals surface area contributed by atoms with E-state index in [0.29, 0.717) is 11.8 Å². The van der Waals surface area contributed by atoms with Crippen molar-refractivity contribution in [1.82, 2.24) is 4.98 Å². The summed E-state index contributed by atoms with van der Waals surface area (Å²) in [5.41, 5.74) is 0.203. The second-order valence-corrected chi connectivity index (χ2v) is 5.26. The van der Waals surface area contributed by atoms with Gasteiger partial charge in [0.05, 0.1) is 0 Å². The standard InChI is InChI=1S/C13H14F3N/c14-13(15,16)12-4-3-10(7-17-12)11-6-8-1-2-9(11)5-8/h3-4,7-9,11H,1-2,5-6H2. The van der Waals surface area contributed by atoms with Gasteiger partial charge in [-0.3, -0.25) is 4.98 Å². The lowest BCUT2D eigenvalue weighted by Gasteiger charge is -2.21. The monoisotopic (exact) mass is 241 g/mol. The molecule has 2 aliphatic rings. The van der Waals surface area contributed by atoms with E-state index >= 15 is 0 Å². The highest BCUT2D eigenvalue weighted by Crippen LogP contribution is 2.52. The molecule has 1 heterocycles. The molecule has 4 heteroatoms. The fourth-order valence-corrected chi connectivity index (χ4v) is 3.45. The van der Waals surface area contributed by atoms with Crippen LogP contribution in [0.3, 0.4) is 0 Å². The second-order valence-electron chi connectivity index (χ2n) is 5.26. The summed E-state index contributed by atoms with van der Waals surface area (Å²) >= 11 is 0. The van der Waals surface area contributed by atoms with Gasteiger partial charge in [-0.2, -0.15) is 13.2 Å². The molecular formula is C13H14F3N. The predicted octanol–water partition coefficient (Wildman–Crippen LogP) is 4.00. The van der Waals surface area contributed by atoms with Gasteiger partial charge in [0, 0.05) is 6.20 Å². The van der Waals surface area contributed by atoms with Crippen LogP contribution in [0.5, 0.6) is 0 Å². The minimum atomic E-state index is -4.33. The first-order valence-corrected chi connectivity index (χ1v) is 6.07. The molecule has 1 nitrogen and oxygen atoms in total. The van der Waals surface area contributed by atoms with E-state index in [0.717, 1.165) is 24.0 Å². The van der Waals surface area contributed by atoms with Crippen molar-refractivity contribution in [1.29, 1.82) is 0 Å². The minimum absolute atomic E-state index is 0.448. The van der Waals surface area contributed by atoms with Crippen LogP contribution in [-0.2, 0) is 6.18 Å². The number of nitrogens with zero attached hydrogens (tertiary/aromatic N) is 1. The van der Waals surface area contributed by atoms with Crippen LogP contribution in [0.1, 0.15) is 42.9 Å². The molecule has 0 aliphatic heterocycles. The van der Waals surface area contributed by atoms with E-state index in [1.54, 1.807) is 6.07 Å². The Balaban J connectivity index is 1.81. The van der Waals surface area contributed by atoms with Gasteiger partial charge in [-0.25, -0.2) is 0 Å². The number of fused-ring (bicyclic) bond motifs is 2. The first kappa shape index (κ1) is 11.1. The zero-order chi connectivity index (χ0) is 12.0. The number of pyridine rings is 1. The topological polar surface area (TPSA) is 12.9 Å². The van der Waals surface area contributed by atoms with E-state index in [-0.39, 0.29) is 0 Å². The fraction of sp³-hybridized carbons (Fsp3) is 0.615. The van der Waals surface area contributed by atoms with E-state index in [1.807, 2.05) is 0 Å². The summed E-state index contributed by atoms with van der Waals surface area (Å²) in [4.78, 5) is 3.55. The molecule has 92 valence electrons. The molecule has 1 aromatic heterocycles. The van der Waals surface area contributed by atoms with Crippen molar-refractivity contribution < 1.29 is 13.2 Å². The highest BCUT2D eigenvalue weighted by Gasteiger charge is 2.40. The Morgan fingerprint density at radius 2 is 1.94 bits per heavy atom. The van der Waals surface area contributed by atoms with E-state index in [2.05, 4.69) is 4.98 Å². The Morgan fingerprint density at radius 1 is 1.12 bits per heavy atom. The number of halogens is 3. The molecule has 2 aliphatic carbocycles. The van der Waals surface area contributed by atoms with Crippen LogP contribution in [-0.4, -0.2) is 4.98 Å². The minimum Gasteiger partial charge on any atom is -0.251 e. The van der Waals surface area contributed by atoms with Crippen molar-refractivity contribution in [2.45, 2.75) is 37.8 Å². The van der Waals surface area contributed by atoms with Gasteiger partial charge >= 0.3 is 6.18 Å². The SMILES string of the molecule is FC(F)(F)c1ccc(C2CC3CCC2C3)cn1. The molecule has 0 spiro atoms. The van der Waals surface area contributed by atoms with E-state index in [4.69, 9.17) is 0 Å². The molecule has 0 aromatic carbocycles. The number of rotatable bonds is 1. The molecule has 1 aromatic rings. The summed E-state index contributed by atoms with van der Waals surface area (Å²) in [6.07, 6.45) is 2.02. The zero-order valence-electron chi connectivity index (χ0n) is 9.37. The van der Waals surface area contributed by atoms with E-state index in [1.165, 1.54) is 25.5 Å². The van der Waals surface area contributed by atoms with Gasteiger partial charge < -0.3 is 0 Å². The van der Waals surface area contributed by atoms with Crippen LogP contribution < -0.4 is 0 Å². The van der Waals surface area contributed by atoms with Crippen LogP contribution in [0.2, 0.25) is 0 Å². The van der Waals surface area contributed by atoms with Crippen LogP contribution in [0, 0.1) is 11.8 Å². The summed E-state index contributed by atoms with van der Waals surface area (Å²) < 4.78 is 37.2. The van der Waals surface area contributed by atoms with Gasteiger partial charge in [0.15, 0.2) is 0 Å². The third-order valence-corrected chi connectivity index (χ3v) is 4.24. The zero-order valence-corrected chi connectivity index (χ0v) is 9.37. The maximum atomic E-state index is 12.4. The molecule has 0 saturated heterocycles. The van der Waals surface area contributed by atoms with Gasteiger partial charge in [0.2, 0.25) is 0 Å². The average molecular weight is 241 g/mol. The first-order chi connectivity index (χ1) is 8.04. The molecule has 0 radical (unpaired) electrons. The van der Waals surface area contributed by atoms with Crippen molar-refractivity contribution in [3.8, 4) is 0 Å². The molecule has 3 atom stereocenters. The summed E-state index contributed by atoms with van der Waals surface area (Å²) in [7, 11) is 0. The highest BCUT2D eigenvalue weighted by atomic mass is 19.4. The average Bonchev–Trinajstić information content (AvgIpc) is 2.89. The lowest BCUT2D eigenvalue weighted by Crippen LogP contribution is -2.11. The van der Waals surface area contributed by atoms with Crippen LogP contribution in [0.4, 0.5) is 13.2 Å². The molecule has 3 unspecified atom stereocenters. The van der Waals surface area contributed by atoms with Gasteiger partial charge in [0.25, 0.3) is 0 Å². The Kier molecular flexibility index (Phi) is 2.42. The molecule has 17 heavy (non-hydrogen) atoms. The second kappa shape index (κ2) is 3.72. The van der Waals surface area contributed by atoms with Crippen molar-refractivity contribution in [2.75, 3.05) is 0 Å². The Hall–Kier alpha value is -1.06. The molecule has 0 amide bonds. The quantitative estimate of drug-likeness (QED) is 0.724. The maximum Gasteiger partial charge on any atom is 0.433 e. The third kappa shape index (κ3) is 1.94. The highest BCUT2D eigenvalue weighted by molar-refractivity contribution is 5.22. The van der Waals surface area contributed by atoms with E-state index < -0.39 is 11.9 Å². The summed E-state index contributed by atoms with van der Waals surface area (Å²) in [5.74, 6) is 1.93. The lowest BCUT2D eigenvalue weighted by atomic mass is 9.84. The Labute approximate surface area is 98.1 Å². The maximum absolute atomic E-state index is 12.4. The number of aromatic nitrogens is 1. The number of hydrogen-bond acceptors (Lipinski definition) is 1. The van der Waals surface area contributed by atoms with Crippen molar-refractivity contribution in [2.24, 2.45) is 11.8 Å². The van der Waals surface area contributed by atoms with Crippen LogP contribution in [0.15, 0.2) is 18.3 Å². The van der Waals surface area contributed by atoms with Crippen molar-refractivity contribution in [3.63, 3.8) is 0 Å². The van der Waals surface area contributed by atoms with Crippen molar-refractivity contribution >= 4 is 0 Å². The van der Waals surface area contributed by atoms with Gasteiger partial charge in [0.1, 0.15) is 5.69 Å². The summed E-state index contributed by atoms with van der Waals surface area (Å²) in [6, 6.07) is 2.72.